The smallest absolute Gasteiger partial charge is 0.0831 e. The van der Waals surface area contributed by atoms with Gasteiger partial charge in [-0.3, -0.25) is 0 Å². The van der Waals surface area contributed by atoms with Gasteiger partial charge in [0.15, 0.2) is 0 Å². The first-order chi connectivity index (χ1) is 6.20. The van der Waals surface area contributed by atoms with Crippen molar-refractivity contribution < 1.29 is 5.11 Å². The van der Waals surface area contributed by atoms with Gasteiger partial charge in [-0.1, -0.05) is 0 Å². The van der Waals surface area contributed by atoms with E-state index in [0.717, 1.165) is 25.9 Å². The van der Waals surface area contributed by atoms with Gasteiger partial charge in [-0.2, -0.15) is 0 Å². The molecule has 2 rings (SSSR count). The summed E-state index contributed by atoms with van der Waals surface area (Å²) in [5, 5.41) is 15.4. The van der Waals surface area contributed by atoms with Crippen molar-refractivity contribution in [2.24, 2.45) is 0 Å². The molecule has 1 aliphatic heterocycles. The summed E-state index contributed by atoms with van der Waals surface area (Å²) in [5.41, 5.74) is 0.820. The van der Waals surface area contributed by atoms with Gasteiger partial charge in [0.25, 0.3) is 0 Å². The number of rotatable bonds is 2. The Morgan fingerprint density at radius 3 is 3.08 bits per heavy atom. The van der Waals surface area contributed by atoms with Gasteiger partial charge in [0, 0.05) is 17.8 Å². The molecule has 0 bridgehead atoms. The second-order valence-corrected chi connectivity index (χ2v) is 4.86. The molecule has 1 aliphatic rings. The van der Waals surface area contributed by atoms with Crippen LogP contribution in [0, 0.1) is 6.92 Å². The Bertz CT molecular complexity index is 289. The minimum absolute atomic E-state index is 0.490. The fourth-order valence-corrected chi connectivity index (χ4v) is 2.81. The van der Waals surface area contributed by atoms with Crippen LogP contribution in [0.3, 0.4) is 0 Å². The summed E-state index contributed by atoms with van der Waals surface area (Å²) in [6.45, 7) is 3.79. The summed E-state index contributed by atoms with van der Waals surface area (Å²) >= 11 is 1.75. The van der Waals surface area contributed by atoms with E-state index in [9.17, 15) is 5.11 Å². The van der Waals surface area contributed by atoms with Crippen LogP contribution in [0.5, 0.6) is 0 Å². The Hall–Kier alpha value is -0.380. The van der Waals surface area contributed by atoms with Crippen molar-refractivity contribution in [2.45, 2.75) is 25.4 Å². The average molecular weight is 197 g/mol. The molecule has 2 N–H and O–H groups in total. The number of thiophene rings is 1. The van der Waals surface area contributed by atoms with E-state index in [1.807, 2.05) is 0 Å². The summed E-state index contributed by atoms with van der Waals surface area (Å²) < 4.78 is 0. The zero-order valence-electron chi connectivity index (χ0n) is 7.84. The molecule has 1 saturated heterocycles. The van der Waals surface area contributed by atoms with Gasteiger partial charge in [0.05, 0.1) is 5.60 Å². The maximum atomic E-state index is 10.1. The SMILES string of the molecule is Cc1ccsc1CC1(O)CCNC1. The van der Waals surface area contributed by atoms with Crippen LogP contribution in [0.25, 0.3) is 0 Å². The second kappa shape index (κ2) is 3.40. The van der Waals surface area contributed by atoms with Crippen LogP contribution in [0.2, 0.25) is 0 Å². The molecule has 72 valence electrons. The van der Waals surface area contributed by atoms with Crippen LogP contribution >= 0.6 is 11.3 Å². The van der Waals surface area contributed by atoms with Gasteiger partial charge in [-0.25, -0.2) is 0 Å². The standard InChI is InChI=1S/C10H15NOS/c1-8-2-5-13-9(8)6-10(12)3-4-11-7-10/h2,5,11-12H,3-4,6-7H2,1H3. The third-order valence-electron chi connectivity index (χ3n) is 2.68. The quantitative estimate of drug-likeness (QED) is 0.749. The maximum absolute atomic E-state index is 10.1. The lowest BCUT2D eigenvalue weighted by Gasteiger charge is -2.20. The predicted octanol–water partition coefficient (Wildman–Crippen LogP) is 1.32. The molecule has 2 heterocycles. The molecule has 0 saturated carbocycles. The van der Waals surface area contributed by atoms with E-state index in [0.29, 0.717) is 0 Å². The Balaban J connectivity index is 2.09. The van der Waals surface area contributed by atoms with E-state index in [1.54, 1.807) is 11.3 Å². The zero-order valence-corrected chi connectivity index (χ0v) is 8.66. The highest BCUT2D eigenvalue weighted by atomic mass is 32.1. The highest BCUT2D eigenvalue weighted by Gasteiger charge is 2.31. The highest BCUT2D eigenvalue weighted by molar-refractivity contribution is 7.10. The number of nitrogens with one attached hydrogen (secondary N) is 1. The Labute approximate surface area is 82.6 Å². The van der Waals surface area contributed by atoms with Gasteiger partial charge >= 0.3 is 0 Å². The van der Waals surface area contributed by atoms with Gasteiger partial charge in [-0.15, -0.1) is 11.3 Å². The fourth-order valence-electron chi connectivity index (χ4n) is 1.77. The third kappa shape index (κ3) is 1.93. The summed E-state index contributed by atoms with van der Waals surface area (Å²) in [7, 11) is 0. The highest BCUT2D eigenvalue weighted by Crippen LogP contribution is 2.25. The molecular formula is C10H15NOS. The largest absolute Gasteiger partial charge is 0.388 e. The fraction of sp³-hybridized carbons (Fsp3) is 0.600. The molecule has 1 unspecified atom stereocenters. The first kappa shape index (κ1) is 9.19. The molecule has 1 aromatic rings. The monoisotopic (exact) mass is 197 g/mol. The second-order valence-electron chi connectivity index (χ2n) is 3.85. The third-order valence-corrected chi connectivity index (χ3v) is 3.70. The molecule has 0 aromatic carbocycles. The lowest BCUT2D eigenvalue weighted by atomic mass is 9.97. The first-order valence-electron chi connectivity index (χ1n) is 4.66. The molecule has 0 spiro atoms. The van der Waals surface area contributed by atoms with Gasteiger partial charge in [-0.05, 0) is 36.9 Å². The van der Waals surface area contributed by atoms with Gasteiger partial charge in [0.1, 0.15) is 0 Å². The van der Waals surface area contributed by atoms with Crippen molar-refractivity contribution in [3.05, 3.63) is 21.9 Å². The molecule has 1 atom stereocenters. The van der Waals surface area contributed by atoms with Crippen molar-refractivity contribution in [1.82, 2.24) is 5.32 Å². The van der Waals surface area contributed by atoms with Gasteiger partial charge < -0.3 is 10.4 Å². The Morgan fingerprint density at radius 1 is 1.69 bits per heavy atom. The molecule has 13 heavy (non-hydrogen) atoms. The maximum Gasteiger partial charge on any atom is 0.0831 e. The predicted molar refractivity (Wildman–Crippen MR) is 55.2 cm³/mol. The summed E-state index contributed by atoms with van der Waals surface area (Å²) in [4.78, 5) is 1.33. The lowest BCUT2D eigenvalue weighted by Crippen LogP contribution is -2.33. The summed E-state index contributed by atoms with van der Waals surface area (Å²) in [6.07, 6.45) is 1.69. The minimum atomic E-state index is -0.490. The number of hydrogen-bond donors (Lipinski definition) is 2. The lowest BCUT2D eigenvalue weighted by molar-refractivity contribution is 0.0626. The molecule has 3 heteroatoms. The Kier molecular flexibility index (Phi) is 2.41. The number of aliphatic hydroxyl groups is 1. The molecule has 1 fully saturated rings. The van der Waals surface area contributed by atoms with E-state index < -0.39 is 5.60 Å². The molecule has 0 radical (unpaired) electrons. The van der Waals surface area contributed by atoms with Crippen molar-refractivity contribution in [3.63, 3.8) is 0 Å². The van der Waals surface area contributed by atoms with Crippen LogP contribution in [0.15, 0.2) is 11.4 Å². The van der Waals surface area contributed by atoms with E-state index >= 15 is 0 Å². The van der Waals surface area contributed by atoms with Crippen molar-refractivity contribution in [2.75, 3.05) is 13.1 Å². The van der Waals surface area contributed by atoms with Gasteiger partial charge in [0.2, 0.25) is 0 Å². The van der Waals surface area contributed by atoms with Crippen molar-refractivity contribution >= 4 is 11.3 Å². The van der Waals surface area contributed by atoms with Crippen LogP contribution in [-0.2, 0) is 6.42 Å². The average Bonchev–Trinajstić information content (AvgIpc) is 2.64. The minimum Gasteiger partial charge on any atom is -0.388 e. The normalized spacial score (nSPS) is 28.2. The molecule has 1 aromatic heterocycles. The number of aryl methyl sites for hydroxylation is 1. The van der Waals surface area contributed by atoms with Crippen LogP contribution < -0.4 is 5.32 Å². The van der Waals surface area contributed by atoms with E-state index in [1.165, 1.54) is 10.4 Å². The Morgan fingerprint density at radius 2 is 2.54 bits per heavy atom. The van der Waals surface area contributed by atoms with E-state index in [2.05, 4.69) is 23.7 Å². The van der Waals surface area contributed by atoms with Crippen molar-refractivity contribution in [3.8, 4) is 0 Å². The number of hydrogen-bond acceptors (Lipinski definition) is 3. The molecule has 2 nitrogen and oxygen atoms in total. The molecule has 0 amide bonds. The molecule has 0 aliphatic carbocycles. The van der Waals surface area contributed by atoms with E-state index in [-0.39, 0.29) is 0 Å². The zero-order chi connectivity index (χ0) is 9.31. The number of β-amino-alcohol motifs (C(OH)–C–C–N with tert-alkyl or cyclic N) is 1. The van der Waals surface area contributed by atoms with Crippen LogP contribution in [0.1, 0.15) is 16.9 Å². The topological polar surface area (TPSA) is 32.3 Å². The van der Waals surface area contributed by atoms with E-state index in [4.69, 9.17) is 0 Å². The molecular weight excluding hydrogens is 182 g/mol. The van der Waals surface area contributed by atoms with Crippen LogP contribution in [-0.4, -0.2) is 23.8 Å². The summed E-state index contributed by atoms with van der Waals surface area (Å²) in [6, 6.07) is 2.12. The summed E-state index contributed by atoms with van der Waals surface area (Å²) in [5.74, 6) is 0. The van der Waals surface area contributed by atoms with Crippen molar-refractivity contribution in [1.29, 1.82) is 0 Å². The van der Waals surface area contributed by atoms with Crippen LogP contribution in [0.4, 0.5) is 0 Å². The first-order valence-corrected chi connectivity index (χ1v) is 5.54.